The van der Waals surface area contributed by atoms with Crippen molar-refractivity contribution in [3.63, 3.8) is 0 Å². The molecule has 1 saturated heterocycles. The predicted octanol–water partition coefficient (Wildman–Crippen LogP) is 7.04. The number of halogens is 1. The van der Waals surface area contributed by atoms with Gasteiger partial charge in [0.05, 0.1) is 9.82 Å². The normalized spacial score (nSPS) is 14.4. The van der Waals surface area contributed by atoms with Gasteiger partial charge in [-0.1, -0.05) is 42.0 Å². The van der Waals surface area contributed by atoms with Crippen molar-refractivity contribution in [1.82, 2.24) is 4.90 Å². The summed E-state index contributed by atoms with van der Waals surface area (Å²) in [7, 11) is -0.432. The summed E-state index contributed by atoms with van der Waals surface area (Å²) in [6, 6.07) is 27.1. The second kappa shape index (κ2) is 16.8. The number of thioether (sulfide) groups is 1. The van der Waals surface area contributed by atoms with E-state index in [1.165, 1.54) is 29.8 Å². The van der Waals surface area contributed by atoms with Crippen LogP contribution in [0.5, 0.6) is 0 Å². The molecule has 1 aliphatic heterocycles. The largest absolute Gasteiger partial charge is 0.383 e. The number of amidine groups is 1. The number of nitro benzene ring substituents is 1. The molecular weight excluding hydrogens is 676 g/mol. The summed E-state index contributed by atoms with van der Waals surface area (Å²) >= 11 is 1.64. The van der Waals surface area contributed by atoms with Gasteiger partial charge >= 0.3 is 0 Å². The molecule has 0 bridgehead atoms. The number of nitrogens with one attached hydrogen (secondary N) is 1. The van der Waals surface area contributed by atoms with Gasteiger partial charge in [-0.25, -0.2) is 4.39 Å². The van der Waals surface area contributed by atoms with E-state index in [1.54, 1.807) is 36.0 Å². The lowest BCUT2D eigenvalue weighted by Crippen LogP contribution is -2.30. The highest BCUT2D eigenvalue weighted by molar-refractivity contribution is 7.99. The molecule has 3 N–H and O–H groups in total. The highest BCUT2D eigenvalue weighted by Crippen LogP contribution is 2.31. The number of nitrogens with two attached hydrogens (primary N) is 1. The van der Waals surface area contributed by atoms with Crippen LogP contribution in [0, 0.1) is 15.9 Å². The van der Waals surface area contributed by atoms with Gasteiger partial charge in [-0.2, -0.15) is 8.42 Å². The third kappa shape index (κ3) is 10.2. The Hall–Kier alpha value is -4.72. The molecule has 0 amide bonds. The Morgan fingerprint density at radius 3 is 2.36 bits per heavy atom. The molecule has 1 heterocycles. The molecule has 0 aromatic heterocycles. The maximum Gasteiger partial charge on any atom is 0.293 e. The molecule has 0 saturated carbocycles. The molecule has 50 heavy (non-hydrogen) atoms. The Labute approximate surface area is 297 Å². The van der Waals surface area contributed by atoms with Crippen LogP contribution >= 0.6 is 11.8 Å². The minimum absolute atomic E-state index is 0.120. The number of hydrogen-bond donors (Lipinski definition) is 2. The maximum absolute atomic E-state index is 13.3. The lowest BCUT2D eigenvalue weighted by Gasteiger charge is -2.30. The number of rotatable bonds is 14. The highest BCUT2D eigenvalue weighted by atomic mass is 32.2. The monoisotopic (exact) mass is 716 g/mol. The van der Waals surface area contributed by atoms with E-state index in [-0.39, 0.29) is 34.0 Å². The van der Waals surface area contributed by atoms with Crippen LogP contribution in [0.4, 0.5) is 21.5 Å². The predicted molar refractivity (Wildman–Crippen MR) is 201 cm³/mol. The van der Waals surface area contributed by atoms with Crippen LogP contribution in [-0.2, 0) is 10.0 Å². The Balaban J connectivity index is 1.26. The van der Waals surface area contributed by atoms with Gasteiger partial charge in [0.15, 0.2) is 0 Å². The molecule has 0 spiro atoms. The molecule has 10 nitrogen and oxygen atoms in total. The number of hydrogen-bond acceptors (Lipinski definition) is 8. The van der Waals surface area contributed by atoms with E-state index in [9.17, 15) is 22.9 Å². The number of benzene rings is 4. The molecule has 0 aliphatic carbocycles. The van der Waals surface area contributed by atoms with Crippen molar-refractivity contribution < 1.29 is 17.7 Å². The fraction of sp³-hybridized carbons (Fsp3) is 0.270. The number of nitro groups is 1. The number of nitrogens with zero attached hydrogens (tertiary/aromatic N) is 4. The molecule has 0 radical (unpaired) electrons. The van der Waals surface area contributed by atoms with E-state index < -0.39 is 14.9 Å². The molecule has 13 heteroatoms. The molecule has 1 aliphatic rings. The first-order valence-electron chi connectivity index (χ1n) is 16.3. The zero-order valence-electron chi connectivity index (χ0n) is 28.0. The first-order chi connectivity index (χ1) is 24.0. The number of piperidine rings is 1. The van der Waals surface area contributed by atoms with Gasteiger partial charge in [-0.05, 0) is 106 Å². The van der Waals surface area contributed by atoms with Gasteiger partial charge in [0.1, 0.15) is 17.3 Å². The third-order valence-electron chi connectivity index (χ3n) is 8.34. The molecule has 4 aromatic rings. The second-order valence-electron chi connectivity index (χ2n) is 12.3. The maximum atomic E-state index is 13.3. The Kier molecular flexibility index (Phi) is 12.3. The molecular formula is C37H41FN6O4S2. The minimum Gasteiger partial charge on any atom is -0.383 e. The molecule has 0 unspecified atom stereocenters. The Morgan fingerprint density at radius 1 is 1.04 bits per heavy atom. The summed E-state index contributed by atoms with van der Waals surface area (Å²) in [5, 5.41) is 15.4. The van der Waals surface area contributed by atoms with Gasteiger partial charge in [0, 0.05) is 47.1 Å². The van der Waals surface area contributed by atoms with Crippen LogP contribution in [0.2, 0.25) is 0 Å². The van der Waals surface area contributed by atoms with Gasteiger partial charge in [-0.15, -0.1) is 16.2 Å². The zero-order valence-corrected chi connectivity index (χ0v) is 29.7. The Morgan fingerprint density at radius 2 is 1.72 bits per heavy atom. The topological polar surface area (TPSA) is 134 Å². The second-order valence-corrected chi connectivity index (χ2v) is 15.0. The van der Waals surface area contributed by atoms with E-state index >= 15 is 0 Å². The average molecular weight is 717 g/mol. The average Bonchev–Trinajstić information content (AvgIpc) is 3.11. The van der Waals surface area contributed by atoms with Crippen molar-refractivity contribution in [2.45, 2.75) is 35.1 Å². The van der Waals surface area contributed by atoms with E-state index in [4.69, 9.17) is 5.73 Å². The Bertz CT molecular complexity index is 1930. The van der Waals surface area contributed by atoms with Crippen molar-refractivity contribution in [3.05, 3.63) is 130 Å². The first kappa shape index (κ1) is 36.6. The fourth-order valence-corrected chi connectivity index (χ4v) is 7.52. The van der Waals surface area contributed by atoms with Crippen LogP contribution in [0.1, 0.15) is 30.4 Å². The van der Waals surface area contributed by atoms with Gasteiger partial charge < -0.3 is 20.9 Å². The van der Waals surface area contributed by atoms with Gasteiger partial charge in [0.25, 0.3) is 15.7 Å². The smallest absolute Gasteiger partial charge is 0.293 e. The van der Waals surface area contributed by atoms with Crippen molar-refractivity contribution in [3.8, 4) is 0 Å². The van der Waals surface area contributed by atoms with Crippen molar-refractivity contribution >= 4 is 50.8 Å². The van der Waals surface area contributed by atoms with Crippen molar-refractivity contribution in [2.24, 2.45) is 10.1 Å². The van der Waals surface area contributed by atoms with Crippen LogP contribution in [0.25, 0.3) is 6.08 Å². The summed E-state index contributed by atoms with van der Waals surface area (Å²) in [6.45, 7) is 2.36. The summed E-state index contributed by atoms with van der Waals surface area (Å²) in [5.41, 5.74) is 9.68. The molecule has 5 rings (SSSR count). The van der Waals surface area contributed by atoms with Crippen LogP contribution in [0.3, 0.4) is 0 Å². The zero-order chi connectivity index (χ0) is 35.7. The lowest BCUT2D eigenvalue weighted by molar-refractivity contribution is -0.384. The quantitative estimate of drug-likeness (QED) is 0.0464. The number of anilines is 2. The van der Waals surface area contributed by atoms with Crippen LogP contribution in [-0.4, -0.2) is 69.6 Å². The molecule has 262 valence electrons. The lowest BCUT2D eigenvalue weighted by atomic mass is 10.00. The van der Waals surface area contributed by atoms with Crippen molar-refractivity contribution in [1.29, 1.82) is 0 Å². The molecule has 4 aromatic carbocycles. The van der Waals surface area contributed by atoms with Crippen molar-refractivity contribution in [2.75, 3.05) is 49.7 Å². The van der Waals surface area contributed by atoms with E-state index in [0.717, 1.165) is 61.1 Å². The fourth-order valence-electron chi connectivity index (χ4n) is 5.56. The summed E-state index contributed by atoms with van der Waals surface area (Å²) in [5.74, 6) is 0.183. The molecule has 1 fully saturated rings. The van der Waals surface area contributed by atoms with E-state index in [2.05, 4.69) is 20.7 Å². The number of sulfonamides is 1. The van der Waals surface area contributed by atoms with Gasteiger partial charge in [0.2, 0.25) is 0 Å². The first-order valence-corrected chi connectivity index (χ1v) is 18.7. The van der Waals surface area contributed by atoms with Crippen LogP contribution in [0.15, 0.2) is 117 Å². The van der Waals surface area contributed by atoms with Gasteiger partial charge in [-0.3, -0.25) is 10.1 Å². The SMILES string of the molecule is CN(C)CC[C@H](CSc1ccccc1)Nc1ccc(S(=O)(=O)/N=C(/N)c2ccc(N3CCC(=Cc4ccc(F)cc4)CC3)cc2)cc1[N+](=O)[O-]. The highest BCUT2D eigenvalue weighted by Gasteiger charge is 2.24. The van der Waals surface area contributed by atoms with E-state index in [1.807, 2.05) is 61.5 Å². The van der Waals surface area contributed by atoms with E-state index in [0.29, 0.717) is 11.3 Å². The molecule has 1 atom stereocenters. The summed E-state index contributed by atoms with van der Waals surface area (Å²) in [6.07, 6.45) is 4.55. The summed E-state index contributed by atoms with van der Waals surface area (Å²) in [4.78, 5) is 16.6. The summed E-state index contributed by atoms with van der Waals surface area (Å²) < 4.78 is 43.7. The van der Waals surface area contributed by atoms with Crippen LogP contribution < -0.4 is 16.0 Å². The third-order valence-corrected chi connectivity index (χ3v) is 10.8. The minimum atomic E-state index is -4.36. The standard InChI is InChI=1S/C37H41FN6O4S2/c1-42(2)21-20-31(26-49-33-6-4-3-5-7-33)40-35-17-16-34(25-36(35)44(45)46)50(47,48)41-37(39)29-10-14-32(15-11-29)43-22-18-28(19-23-43)24-27-8-12-30(38)13-9-27/h3-17,24-25,31,40H,18-23,26H2,1-2H3,(H2,39,41)/t31-/m1/s1.